The van der Waals surface area contributed by atoms with Gasteiger partial charge in [0.1, 0.15) is 5.75 Å². The van der Waals surface area contributed by atoms with Gasteiger partial charge in [0.2, 0.25) is 5.91 Å². The van der Waals surface area contributed by atoms with Crippen molar-refractivity contribution in [3.63, 3.8) is 0 Å². The number of rotatable bonds is 8. The van der Waals surface area contributed by atoms with E-state index in [2.05, 4.69) is 4.90 Å². The van der Waals surface area contributed by atoms with Crippen LogP contribution in [-0.4, -0.2) is 62.3 Å². The second-order valence-electron chi connectivity index (χ2n) is 7.35. The molecule has 0 aliphatic carbocycles. The number of morpholine rings is 1. The molecule has 30 heavy (non-hydrogen) atoms. The maximum Gasteiger partial charge on any atom is 0.233 e. The first kappa shape index (κ1) is 20.8. The Morgan fingerprint density at radius 2 is 2.00 bits per heavy atom. The third kappa shape index (κ3) is 5.16. The van der Waals surface area contributed by atoms with E-state index in [1.165, 1.54) is 0 Å². The summed E-state index contributed by atoms with van der Waals surface area (Å²) in [4.78, 5) is 22.2. The van der Waals surface area contributed by atoms with E-state index in [-0.39, 0.29) is 5.91 Å². The van der Waals surface area contributed by atoms with Crippen LogP contribution in [0.2, 0.25) is 0 Å². The highest BCUT2D eigenvalue weighted by Gasteiger charge is 2.21. The molecule has 158 valence electrons. The van der Waals surface area contributed by atoms with Crippen LogP contribution in [0, 0.1) is 0 Å². The van der Waals surface area contributed by atoms with Crippen molar-refractivity contribution < 1.29 is 14.3 Å². The van der Waals surface area contributed by atoms with Gasteiger partial charge in [0.15, 0.2) is 5.13 Å². The van der Waals surface area contributed by atoms with E-state index in [9.17, 15) is 4.79 Å². The van der Waals surface area contributed by atoms with Gasteiger partial charge in [-0.1, -0.05) is 41.7 Å². The van der Waals surface area contributed by atoms with Crippen LogP contribution in [0.4, 0.5) is 5.13 Å². The molecule has 0 bridgehead atoms. The van der Waals surface area contributed by atoms with Crippen molar-refractivity contribution in [1.29, 1.82) is 0 Å². The van der Waals surface area contributed by atoms with E-state index < -0.39 is 0 Å². The number of benzene rings is 2. The highest BCUT2D eigenvalue weighted by Crippen LogP contribution is 2.31. The molecule has 4 rings (SSSR count). The van der Waals surface area contributed by atoms with Gasteiger partial charge in [-0.3, -0.25) is 14.6 Å². The normalized spacial score (nSPS) is 14.7. The summed E-state index contributed by atoms with van der Waals surface area (Å²) in [5, 5.41) is 0.751. The molecule has 7 heteroatoms. The Morgan fingerprint density at radius 1 is 1.20 bits per heavy atom. The smallest absolute Gasteiger partial charge is 0.233 e. The zero-order valence-corrected chi connectivity index (χ0v) is 18.1. The largest absolute Gasteiger partial charge is 0.497 e. The number of carbonyl (C=O) groups excluding carboxylic acids is 1. The topological polar surface area (TPSA) is 54.9 Å². The molecule has 0 saturated carbocycles. The van der Waals surface area contributed by atoms with Crippen LogP contribution >= 0.6 is 11.3 Å². The minimum Gasteiger partial charge on any atom is -0.497 e. The van der Waals surface area contributed by atoms with Crippen LogP contribution in [0.5, 0.6) is 5.75 Å². The SMILES string of the molecule is COc1ccc2sc(N(CCCN3CCOCC3)C(=O)Cc3ccccc3)nc2c1. The Bertz CT molecular complexity index is 970. The molecule has 0 unspecified atom stereocenters. The zero-order valence-electron chi connectivity index (χ0n) is 17.3. The minimum absolute atomic E-state index is 0.0780. The Balaban J connectivity index is 1.51. The second kappa shape index (κ2) is 10.0. The number of aromatic nitrogens is 1. The molecule has 0 spiro atoms. The monoisotopic (exact) mass is 425 g/mol. The number of methoxy groups -OCH3 is 1. The molecule has 3 aromatic rings. The van der Waals surface area contributed by atoms with Crippen LogP contribution in [0.3, 0.4) is 0 Å². The summed E-state index contributed by atoms with van der Waals surface area (Å²) in [6.07, 6.45) is 1.28. The first-order chi connectivity index (χ1) is 14.7. The van der Waals surface area contributed by atoms with E-state index in [1.54, 1.807) is 18.4 Å². The first-order valence-electron chi connectivity index (χ1n) is 10.3. The number of hydrogen-bond acceptors (Lipinski definition) is 6. The Labute approximate surface area is 181 Å². The summed E-state index contributed by atoms with van der Waals surface area (Å²) in [5.41, 5.74) is 1.88. The number of fused-ring (bicyclic) bond motifs is 1. The molecule has 0 N–H and O–H groups in total. The van der Waals surface area contributed by atoms with Gasteiger partial charge in [0.25, 0.3) is 0 Å². The summed E-state index contributed by atoms with van der Waals surface area (Å²) in [7, 11) is 1.65. The fourth-order valence-electron chi connectivity index (χ4n) is 3.61. The predicted octanol–water partition coefficient (Wildman–Crippen LogP) is 3.60. The van der Waals surface area contributed by atoms with E-state index >= 15 is 0 Å². The highest BCUT2D eigenvalue weighted by molar-refractivity contribution is 7.22. The molecule has 6 nitrogen and oxygen atoms in total. The van der Waals surface area contributed by atoms with Crippen LogP contribution in [-0.2, 0) is 16.0 Å². The fourth-order valence-corrected chi connectivity index (χ4v) is 4.60. The maximum atomic E-state index is 13.2. The quantitative estimate of drug-likeness (QED) is 0.552. The first-order valence-corrected chi connectivity index (χ1v) is 11.1. The number of thiazole rings is 1. The lowest BCUT2D eigenvalue weighted by Gasteiger charge is -2.27. The van der Waals surface area contributed by atoms with Gasteiger partial charge in [-0.2, -0.15) is 0 Å². The Hall–Kier alpha value is -2.48. The minimum atomic E-state index is 0.0780. The summed E-state index contributed by atoms with van der Waals surface area (Å²) in [5.74, 6) is 0.850. The highest BCUT2D eigenvalue weighted by atomic mass is 32.1. The standard InChI is InChI=1S/C23H27N3O3S/c1-28-19-8-9-21-20(17-19)24-23(30-21)26(11-5-10-25-12-14-29-15-13-25)22(27)16-18-6-3-2-4-7-18/h2-4,6-9,17H,5,10-16H2,1H3. The lowest BCUT2D eigenvalue weighted by atomic mass is 10.1. The molecule has 0 radical (unpaired) electrons. The van der Waals surface area contributed by atoms with Crippen LogP contribution < -0.4 is 9.64 Å². The van der Waals surface area contributed by atoms with Gasteiger partial charge in [-0.05, 0) is 24.1 Å². The van der Waals surface area contributed by atoms with E-state index in [1.807, 2.05) is 53.4 Å². The average molecular weight is 426 g/mol. The van der Waals surface area contributed by atoms with Gasteiger partial charge < -0.3 is 9.47 Å². The number of amides is 1. The van der Waals surface area contributed by atoms with Crippen molar-refractivity contribution >= 4 is 32.6 Å². The predicted molar refractivity (Wildman–Crippen MR) is 121 cm³/mol. The van der Waals surface area contributed by atoms with E-state index in [4.69, 9.17) is 14.5 Å². The molecule has 2 aromatic carbocycles. The summed E-state index contributed by atoms with van der Waals surface area (Å²) in [6, 6.07) is 15.7. The van der Waals surface area contributed by atoms with Crippen molar-refractivity contribution in [3.8, 4) is 5.75 Å². The van der Waals surface area contributed by atoms with Gasteiger partial charge in [-0.15, -0.1) is 0 Å². The lowest BCUT2D eigenvalue weighted by molar-refractivity contribution is -0.118. The summed E-state index contributed by atoms with van der Waals surface area (Å²) >= 11 is 1.55. The molecule has 2 heterocycles. The summed E-state index contributed by atoms with van der Waals surface area (Å²) < 4.78 is 11.8. The van der Waals surface area contributed by atoms with Crippen molar-refractivity contribution in [2.45, 2.75) is 12.8 Å². The number of anilines is 1. The van der Waals surface area contributed by atoms with Crippen molar-refractivity contribution in [2.24, 2.45) is 0 Å². The molecule has 1 aromatic heterocycles. The lowest BCUT2D eigenvalue weighted by Crippen LogP contribution is -2.39. The third-order valence-electron chi connectivity index (χ3n) is 5.27. The number of ether oxygens (including phenoxy) is 2. The fraction of sp³-hybridized carbons (Fsp3) is 0.391. The van der Waals surface area contributed by atoms with Gasteiger partial charge >= 0.3 is 0 Å². The maximum absolute atomic E-state index is 13.2. The average Bonchev–Trinajstić information content (AvgIpc) is 3.20. The van der Waals surface area contributed by atoms with Gasteiger partial charge in [0.05, 0.1) is 37.0 Å². The second-order valence-corrected chi connectivity index (χ2v) is 8.35. The molecule has 1 aliphatic heterocycles. The van der Waals surface area contributed by atoms with Crippen molar-refractivity contribution in [1.82, 2.24) is 9.88 Å². The molecule has 1 aliphatic rings. The van der Waals surface area contributed by atoms with E-state index in [0.29, 0.717) is 13.0 Å². The molecular formula is C23H27N3O3S. The Kier molecular flexibility index (Phi) is 6.94. The van der Waals surface area contributed by atoms with Gasteiger partial charge in [0, 0.05) is 32.2 Å². The number of nitrogens with zero attached hydrogens (tertiary/aromatic N) is 3. The van der Waals surface area contributed by atoms with Crippen molar-refractivity contribution in [2.75, 3.05) is 51.4 Å². The Morgan fingerprint density at radius 3 is 2.77 bits per heavy atom. The molecule has 1 saturated heterocycles. The molecule has 1 fully saturated rings. The van der Waals surface area contributed by atoms with Crippen LogP contribution in [0.1, 0.15) is 12.0 Å². The van der Waals surface area contributed by atoms with Crippen LogP contribution in [0.15, 0.2) is 48.5 Å². The van der Waals surface area contributed by atoms with Crippen molar-refractivity contribution in [3.05, 3.63) is 54.1 Å². The molecule has 0 atom stereocenters. The van der Waals surface area contributed by atoms with E-state index in [0.717, 1.165) is 65.9 Å². The molecular weight excluding hydrogens is 398 g/mol. The van der Waals surface area contributed by atoms with Crippen LogP contribution in [0.25, 0.3) is 10.2 Å². The van der Waals surface area contributed by atoms with Gasteiger partial charge in [-0.25, -0.2) is 4.98 Å². The molecule has 1 amide bonds. The number of carbonyl (C=O) groups is 1. The number of hydrogen-bond donors (Lipinski definition) is 0. The zero-order chi connectivity index (χ0) is 20.8. The summed E-state index contributed by atoms with van der Waals surface area (Å²) in [6.45, 7) is 5.10. The third-order valence-corrected chi connectivity index (χ3v) is 6.33.